The van der Waals surface area contributed by atoms with Crippen LogP contribution in [0.1, 0.15) is 41.4 Å². The molecule has 2 amide bonds. The Balaban J connectivity index is 1.27. The fourth-order valence-electron chi connectivity index (χ4n) is 4.67. The van der Waals surface area contributed by atoms with Crippen molar-refractivity contribution in [3.05, 3.63) is 77.3 Å². The van der Waals surface area contributed by atoms with E-state index in [0.717, 1.165) is 25.1 Å². The summed E-state index contributed by atoms with van der Waals surface area (Å²) in [6.45, 7) is 4.91. The monoisotopic (exact) mass is 459 g/mol. The molecule has 6 nitrogen and oxygen atoms in total. The number of carbonyl (C=O) groups is 2. The standard InChI is InChI=1S/C27H26FN3O3/c1-2-31-13-3-4-20(31)16-29-26(32)18-7-5-17(6-8-18)25-12-10-21(34-25)15-23-22-14-19(28)9-11-24(22)30-27(23)33/h5-12,14-15,20H,2-4,13,16H2,1H3,(H,29,32)(H,30,33). The molecule has 1 saturated heterocycles. The van der Waals surface area contributed by atoms with Gasteiger partial charge in [0.05, 0.1) is 5.57 Å². The Morgan fingerprint density at radius 1 is 1.21 bits per heavy atom. The van der Waals surface area contributed by atoms with E-state index in [0.29, 0.717) is 46.5 Å². The third-order valence-electron chi connectivity index (χ3n) is 6.51. The molecular formula is C27H26FN3O3. The summed E-state index contributed by atoms with van der Waals surface area (Å²) in [6.07, 6.45) is 3.90. The predicted molar refractivity (Wildman–Crippen MR) is 130 cm³/mol. The molecule has 3 heterocycles. The molecule has 7 heteroatoms. The van der Waals surface area contributed by atoms with Gasteiger partial charge in [-0.3, -0.25) is 14.5 Å². The highest BCUT2D eigenvalue weighted by molar-refractivity contribution is 6.34. The van der Waals surface area contributed by atoms with E-state index in [-0.39, 0.29) is 11.8 Å². The highest BCUT2D eigenvalue weighted by Gasteiger charge is 2.25. The highest BCUT2D eigenvalue weighted by atomic mass is 19.1. The van der Waals surface area contributed by atoms with Crippen molar-refractivity contribution in [3.8, 4) is 11.3 Å². The number of nitrogens with one attached hydrogen (secondary N) is 2. The molecule has 1 unspecified atom stereocenters. The van der Waals surface area contributed by atoms with Crippen molar-refractivity contribution in [2.24, 2.45) is 0 Å². The second-order valence-corrected chi connectivity index (χ2v) is 8.62. The van der Waals surface area contributed by atoms with Crippen molar-refractivity contribution in [1.29, 1.82) is 0 Å². The number of hydrogen-bond acceptors (Lipinski definition) is 4. The molecule has 0 spiro atoms. The third kappa shape index (κ3) is 4.39. The topological polar surface area (TPSA) is 74.6 Å². The van der Waals surface area contributed by atoms with Crippen molar-refractivity contribution in [2.45, 2.75) is 25.8 Å². The summed E-state index contributed by atoms with van der Waals surface area (Å²) in [7, 11) is 0. The van der Waals surface area contributed by atoms with Crippen molar-refractivity contribution < 1.29 is 18.4 Å². The average Bonchev–Trinajstić information content (AvgIpc) is 3.57. The van der Waals surface area contributed by atoms with E-state index in [1.807, 2.05) is 12.1 Å². The lowest BCUT2D eigenvalue weighted by Crippen LogP contribution is -2.40. The lowest BCUT2D eigenvalue weighted by atomic mass is 10.1. The number of furan rings is 1. The van der Waals surface area contributed by atoms with Gasteiger partial charge >= 0.3 is 0 Å². The van der Waals surface area contributed by atoms with Gasteiger partial charge < -0.3 is 15.1 Å². The lowest BCUT2D eigenvalue weighted by molar-refractivity contribution is -0.110. The molecule has 0 aliphatic carbocycles. The maximum atomic E-state index is 13.7. The van der Waals surface area contributed by atoms with Crippen LogP contribution in [0.3, 0.4) is 0 Å². The van der Waals surface area contributed by atoms with Gasteiger partial charge in [-0.1, -0.05) is 19.1 Å². The zero-order valence-electron chi connectivity index (χ0n) is 18.9. The van der Waals surface area contributed by atoms with Gasteiger partial charge in [-0.2, -0.15) is 0 Å². The maximum absolute atomic E-state index is 13.7. The van der Waals surface area contributed by atoms with Crippen molar-refractivity contribution in [1.82, 2.24) is 10.2 Å². The molecule has 34 heavy (non-hydrogen) atoms. The number of likely N-dealkylation sites (N-methyl/N-ethyl adjacent to an activating group) is 1. The van der Waals surface area contributed by atoms with Crippen LogP contribution in [-0.2, 0) is 4.79 Å². The van der Waals surface area contributed by atoms with Gasteiger partial charge in [0, 0.05) is 35.0 Å². The molecule has 0 radical (unpaired) electrons. The minimum atomic E-state index is -0.406. The smallest absolute Gasteiger partial charge is 0.256 e. The summed E-state index contributed by atoms with van der Waals surface area (Å²) in [5.41, 5.74) is 2.86. The number of rotatable bonds is 6. The Morgan fingerprint density at radius 3 is 2.82 bits per heavy atom. The molecule has 174 valence electrons. The zero-order valence-corrected chi connectivity index (χ0v) is 18.9. The summed E-state index contributed by atoms with van der Waals surface area (Å²) in [4.78, 5) is 27.3. The predicted octanol–water partition coefficient (Wildman–Crippen LogP) is 4.79. The van der Waals surface area contributed by atoms with Crippen LogP contribution in [0, 0.1) is 5.82 Å². The Kier molecular flexibility index (Phi) is 6.02. The van der Waals surface area contributed by atoms with Gasteiger partial charge in [-0.05, 0) is 74.5 Å². The molecule has 1 atom stereocenters. The number of anilines is 1. The molecule has 0 bridgehead atoms. The number of halogens is 1. The SMILES string of the molecule is CCN1CCCC1CNC(=O)c1ccc(-c2ccc(C=C3C(=O)Nc4ccc(F)cc43)o2)cc1. The molecule has 2 aliphatic rings. The van der Waals surface area contributed by atoms with Gasteiger partial charge in [-0.25, -0.2) is 4.39 Å². The lowest BCUT2D eigenvalue weighted by Gasteiger charge is -2.22. The molecular weight excluding hydrogens is 433 g/mol. The molecule has 2 N–H and O–H groups in total. The number of hydrogen-bond donors (Lipinski definition) is 2. The number of nitrogens with zero attached hydrogens (tertiary/aromatic N) is 1. The van der Waals surface area contributed by atoms with Crippen LogP contribution in [-0.4, -0.2) is 42.4 Å². The van der Waals surface area contributed by atoms with Crippen LogP contribution < -0.4 is 10.6 Å². The van der Waals surface area contributed by atoms with Gasteiger partial charge in [0.25, 0.3) is 11.8 Å². The van der Waals surface area contributed by atoms with Gasteiger partial charge in [0.2, 0.25) is 0 Å². The summed E-state index contributed by atoms with van der Waals surface area (Å²) in [5, 5.41) is 5.78. The van der Waals surface area contributed by atoms with Gasteiger partial charge in [-0.15, -0.1) is 0 Å². The Morgan fingerprint density at radius 2 is 2.03 bits per heavy atom. The molecule has 1 aromatic heterocycles. The average molecular weight is 460 g/mol. The van der Waals surface area contributed by atoms with E-state index in [2.05, 4.69) is 22.5 Å². The van der Waals surface area contributed by atoms with E-state index >= 15 is 0 Å². The Bertz CT molecular complexity index is 1260. The molecule has 2 aromatic carbocycles. The number of likely N-dealkylation sites (tertiary alicyclic amines) is 1. The van der Waals surface area contributed by atoms with E-state index in [1.165, 1.54) is 18.6 Å². The quantitative estimate of drug-likeness (QED) is 0.520. The fraction of sp³-hybridized carbons (Fsp3) is 0.259. The first-order valence-electron chi connectivity index (χ1n) is 11.6. The Labute approximate surface area is 197 Å². The largest absolute Gasteiger partial charge is 0.457 e. The first-order valence-corrected chi connectivity index (χ1v) is 11.6. The number of carbonyl (C=O) groups excluding carboxylic acids is 2. The normalized spacial score (nSPS) is 18.8. The first kappa shape index (κ1) is 22.1. The zero-order chi connectivity index (χ0) is 23.7. The van der Waals surface area contributed by atoms with E-state index in [4.69, 9.17) is 4.42 Å². The van der Waals surface area contributed by atoms with Crippen LogP contribution >= 0.6 is 0 Å². The van der Waals surface area contributed by atoms with E-state index in [9.17, 15) is 14.0 Å². The minimum absolute atomic E-state index is 0.0856. The summed E-state index contributed by atoms with van der Waals surface area (Å²) >= 11 is 0. The van der Waals surface area contributed by atoms with Crippen LogP contribution in [0.4, 0.5) is 10.1 Å². The van der Waals surface area contributed by atoms with E-state index in [1.54, 1.807) is 36.4 Å². The van der Waals surface area contributed by atoms with Gasteiger partial charge in [0.15, 0.2) is 0 Å². The number of benzene rings is 2. The summed E-state index contributed by atoms with van der Waals surface area (Å²) in [6, 6.07) is 15.4. The van der Waals surface area contributed by atoms with Crippen LogP contribution in [0.2, 0.25) is 0 Å². The van der Waals surface area contributed by atoms with E-state index < -0.39 is 5.82 Å². The van der Waals surface area contributed by atoms with Crippen LogP contribution in [0.5, 0.6) is 0 Å². The summed E-state index contributed by atoms with van der Waals surface area (Å²) < 4.78 is 19.6. The first-order chi connectivity index (χ1) is 16.5. The number of fused-ring (bicyclic) bond motifs is 1. The molecule has 3 aromatic rings. The minimum Gasteiger partial charge on any atom is -0.457 e. The Hall–Kier alpha value is -3.71. The molecule has 2 aliphatic heterocycles. The highest BCUT2D eigenvalue weighted by Crippen LogP contribution is 2.34. The van der Waals surface area contributed by atoms with Crippen molar-refractivity contribution >= 4 is 29.2 Å². The second kappa shape index (κ2) is 9.27. The van der Waals surface area contributed by atoms with Crippen LogP contribution in [0.15, 0.2) is 59.0 Å². The van der Waals surface area contributed by atoms with Crippen molar-refractivity contribution in [2.75, 3.05) is 25.0 Å². The third-order valence-corrected chi connectivity index (χ3v) is 6.51. The van der Waals surface area contributed by atoms with Gasteiger partial charge in [0.1, 0.15) is 17.3 Å². The summed E-state index contributed by atoms with van der Waals surface area (Å²) in [5.74, 6) is 0.305. The molecule has 5 rings (SSSR count). The maximum Gasteiger partial charge on any atom is 0.256 e. The van der Waals surface area contributed by atoms with Crippen LogP contribution in [0.25, 0.3) is 23.0 Å². The second-order valence-electron chi connectivity index (χ2n) is 8.62. The number of amides is 2. The molecule has 1 fully saturated rings. The molecule has 0 saturated carbocycles. The fourth-order valence-corrected chi connectivity index (χ4v) is 4.67. The van der Waals surface area contributed by atoms with Crippen molar-refractivity contribution in [3.63, 3.8) is 0 Å².